The van der Waals surface area contributed by atoms with Gasteiger partial charge < -0.3 is 4.74 Å². The molecule has 10 heteroatoms. The highest BCUT2D eigenvalue weighted by atomic mass is 32.2. The molecular formula is C19H24N2O6S2. The number of rotatable bonds is 9. The van der Waals surface area contributed by atoms with Gasteiger partial charge in [-0.3, -0.25) is 4.72 Å². The average Bonchev–Trinajstić information content (AvgIpc) is 2.69. The van der Waals surface area contributed by atoms with Crippen LogP contribution in [0.15, 0.2) is 58.3 Å². The Bertz CT molecular complexity index is 1060. The number of nitrogens with one attached hydrogen (secondary N) is 1. The number of ether oxygens (including phenoxy) is 1. The van der Waals surface area contributed by atoms with Crippen molar-refractivity contribution in [1.29, 1.82) is 0 Å². The molecule has 0 amide bonds. The fourth-order valence-electron chi connectivity index (χ4n) is 2.64. The van der Waals surface area contributed by atoms with Gasteiger partial charge in [0.05, 0.1) is 22.0 Å². The molecule has 0 saturated carbocycles. The van der Waals surface area contributed by atoms with E-state index >= 15 is 0 Å². The third kappa shape index (κ3) is 5.34. The number of hydrogen-bond donors (Lipinski definition) is 1. The molecule has 0 heterocycles. The molecule has 0 aromatic heterocycles. The maximum atomic E-state index is 12.6. The van der Waals surface area contributed by atoms with E-state index in [-0.39, 0.29) is 27.6 Å². The van der Waals surface area contributed by atoms with E-state index in [0.717, 1.165) is 0 Å². The highest BCUT2D eigenvalue weighted by Crippen LogP contribution is 2.21. The van der Waals surface area contributed by atoms with E-state index in [1.165, 1.54) is 52.8 Å². The van der Waals surface area contributed by atoms with Gasteiger partial charge in [0.25, 0.3) is 10.0 Å². The number of benzene rings is 2. The van der Waals surface area contributed by atoms with Crippen molar-refractivity contribution < 1.29 is 26.4 Å². The normalized spacial score (nSPS) is 12.0. The Kier molecular flexibility index (Phi) is 7.39. The summed E-state index contributed by atoms with van der Waals surface area (Å²) in [5, 5.41) is 0. The number of carbonyl (C=O) groups excluding carboxylic acids is 1. The first kappa shape index (κ1) is 22.9. The van der Waals surface area contributed by atoms with Crippen LogP contribution in [-0.4, -0.2) is 46.8 Å². The lowest BCUT2D eigenvalue weighted by molar-refractivity contribution is 0.0526. The predicted molar refractivity (Wildman–Crippen MR) is 110 cm³/mol. The van der Waals surface area contributed by atoms with Gasteiger partial charge in [0, 0.05) is 18.8 Å². The van der Waals surface area contributed by atoms with Gasteiger partial charge in [0.2, 0.25) is 10.0 Å². The lowest BCUT2D eigenvalue weighted by Crippen LogP contribution is -2.30. The lowest BCUT2D eigenvalue weighted by atomic mass is 10.2. The number of esters is 1. The van der Waals surface area contributed by atoms with E-state index in [0.29, 0.717) is 13.1 Å². The van der Waals surface area contributed by atoms with Gasteiger partial charge in [-0.25, -0.2) is 21.6 Å². The van der Waals surface area contributed by atoms with E-state index < -0.39 is 26.0 Å². The molecule has 2 aromatic carbocycles. The summed E-state index contributed by atoms with van der Waals surface area (Å²) in [7, 11) is -7.65. The highest BCUT2D eigenvalue weighted by molar-refractivity contribution is 7.92. The Morgan fingerprint density at radius 2 is 1.52 bits per heavy atom. The molecule has 0 aliphatic carbocycles. The molecule has 0 radical (unpaired) electrons. The summed E-state index contributed by atoms with van der Waals surface area (Å²) in [5.41, 5.74) is 0.406. The molecule has 2 rings (SSSR count). The first-order chi connectivity index (χ1) is 13.7. The Labute approximate surface area is 171 Å². The maximum absolute atomic E-state index is 12.6. The van der Waals surface area contributed by atoms with E-state index in [9.17, 15) is 21.6 Å². The molecule has 0 saturated heterocycles. The highest BCUT2D eigenvalue weighted by Gasteiger charge is 2.23. The van der Waals surface area contributed by atoms with Gasteiger partial charge in [0.15, 0.2) is 0 Å². The first-order valence-corrected chi connectivity index (χ1v) is 12.0. The Morgan fingerprint density at radius 3 is 2.07 bits per heavy atom. The van der Waals surface area contributed by atoms with Gasteiger partial charge in [-0.05, 0) is 49.4 Å². The molecule has 29 heavy (non-hydrogen) atoms. The zero-order valence-electron chi connectivity index (χ0n) is 16.5. The van der Waals surface area contributed by atoms with Crippen LogP contribution < -0.4 is 4.72 Å². The summed E-state index contributed by atoms with van der Waals surface area (Å²) in [6, 6.07) is 10.9. The second-order valence-corrected chi connectivity index (χ2v) is 9.59. The van der Waals surface area contributed by atoms with Crippen molar-refractivity contribution in [3.8, 4) is 0 Å². The van der Waals surface area contributed by atoms with Crippen molar-refractivity contribution in [2.45, 2.75) is 30.6 Å². The lowest BCUT2D eigenvalue weighted by Gasteiger charge is -2.18. The van der Waals surface area contributed by atoms with Crippen molar-refractivity contribution in [2.75, 3.05) is 24.4 Å². The molecule has 1 N–H and O–H groups in total. The molecule has 0 fully saturated rings. The van der Waals surface area contributed by atoms with Gasteiger partial charge in [-0.1, -0.05) is 19.9 Å². The van der Waals surface area contributed by atoms with Crippen LogP contribution in [0.4, 0.5) is 5.69 Å². The number of anilines is 1. The van der Waals surface area contributed by atoms with Crippen LogP contribution in [0.5, 0.6) is 0 Å². The van der Waals surface area contributed by atoms with Gasteiger partial charge in [-0.2, -0.15) is 4.31 Å². The molecular weight excluding hydrogens is 416 g/mol. The van der Waals surface area contributed by atoms with Gasteiger partial charge in [0.1, 0.15) is 0 Å². The molecule has 0 aliphatic rings. The summed E-state index contributed by atoms with van der Waals surface area (Å²) < 4.78 is 58.9. The van der Waals surface area contributed by atoms with Crippen molar-refractivity contribution >= 4 is 31.7 Å². The SMILES string of the molecule is CCOC(=O)c1cccc(NS(=O)(=O)c2ccc(S(=O)(=O)N(CC)CC)cc2)c1. The van der Waals surface area contributed by atoms with E-state index in [2.05, 4.69) is 4.72 Å². The molecule has 158 valence electrons. The smallest absolute Gasteiger partial charge is 0.338 e. The van der Waals surface area contributed by atoms with Crippen molar-refractivity contribution in [1.82, 2.24) is 4.31 Å². The molecule has 0 spiro atoms. The second kappa shape index (κ2) is 9.38. The van der Waals surface area contributed by atoms with Crippen LogP contribution in [-0.2, 0) is 24.8 Å². The van der Waals surface area contributed by atoms with E-state index in [1.807, 2.05) is 0 Å². The van der Waals surface area contributed by atoms with Crippen molar-refractivity contribution in [2.24, 2.45) is 0 Å². The quantitative estimate of drug-likeness (QED) is 0.601. The molecule has 0 unspecified atom stereocenters. The minimum absolute atomic E-state index is 0.0180. The largest absolute Gasteiger partial charge is 0.462 e. The molecule has 0 bridgehead atoms. The summed E-state index contributed by atoms with van der Waals surface area (Å²) >= 11 is 0. The Balaban J connectivity index is 2.27. The van der Waals surface area contributed by atoms with Crippen LogP contribution in [0.1, 0.15) is 31.1 Å². The van der Waals surface area contributed by atoms with Crippen LogP contribution >= 0.6 is 0 Å². The molecule has 8 nitrogen and oxygen atoms in total. The Morgan fingerprint density at radius 1 is 0.931 bits per heavy atom. The molecule has 0 atom stereocenters. The predicted octanol–water partition coefficient (Wildman–Crippen LogP) is 2.69. The molecule has 0 aliphatic heterocycles. The first-order valence-electron chi connectivity index (χ1n) is 9.06. The van der Waals surface area contributed by atoms with Crippen LogP contribution in [0.3, 0.4) is 0 Å². The third-order valence-corrected chi connectivity index (χ3v) is 7.56. The van der Waals surface area contributed by atoms with E-state index in [4.69, 9.17) is 4.74 Å². The van der Waals surface area contributed by atoms with Crippen molar-refractivity contribution in [3.63, 3.8) is 0 Å². The standard InChI is InChI=1S/C19H24N2O6S2/c1-4-21(5-2)29(25,26)18-12-10-17(11-13-18)28(23,24)20-16-9-7-8-15(14-16)19(22)27-6-3/h7-14,20H,4-6H2,1-3H3. The van der Waals surface area contributed by atoms with Crippen molar-refractivity contribution in [3.05, 3.63) is 54.1 Å². The van der Waals surface area contributed by atoms with Gasteiger partial charge in [-0.15, -0.1) is 0 Å². The number of carbonyl (C=O) groups is 1. The van der Waals surface area contributed by atoms with Crippen LogP contribution in [0.25, 0.3) is 0 Å². The second-order valence-electron chi connectivity index (χ2n) is 5.97. The third-order valence-electron chi connectivity index (χ3n) is 4.10. The zero-order valence-corrected chi connectivity index (χ0v) is 18.1. The van der Waals surface area contributed by atoms with Gasteiger partial charge >= 0.3 is 5.97 Å². The minimum atomic E-state index is -3.97. The zero-order chi connectivity index (χ0) is 21.7. The van der Waals surface area contributed by atoms with Crippen LogP contribution in [0, 0.1) is 0 Å². The van der Waals surface area contributed by atoms with Crippen LogP contribution in [0.2, 0.25) is 0 Å². The Hall–Kier alpha value is -2.43. The summed E-state index contributed by atoms with van der Waals surface area (Å²) in [5.74, 6) is -0.556. The summed E-state index contributed by atoms with van der Waals surface area (Å²) in [4.78, 5) is 11.7. The summed E-state index contributed by atoms with van der Waals surface area (Å²) in [6.07, 6.45) is 0. The maximum Gasteiger partial charge on any atom is 0.338 e. The number of sulfonamides is 2. The fraction of sp³-hybridized carbons (Fsp3) is 0.316. The number of nitrogens with zero attached hydrogens (tertiary/aromatic N) is 1. The average molecular weight is 441 g/mol. The number of hydrogen-bond acceptors (Lipinski definition) is 6. The topological polar surface area (TPSA) is 110 Å². The molecule has 2 aromatic rings. The monoisotopic (exact) mass is 440 g/mol. The summed E-state index contributed by atoms with van der Waals surface area (Å²) in [6.45, 7) is 5.98. The fourth-order valence-corrected chi connectivity index (χ4v) is 5.15. The minimum Gasteiger partial charge on any atom is -0.462 e. The van der Waals surface area contributed by atoms with E-state index in [1.54, 1.807) is 20.8 Å².